The molecule has 8 nitrogen and oxygen atoms in total. The first-order valence-corrected chi connectivity index (χ1v) is 12.5. The van der Waals surface area contributed by atoms with Crippen LogP contribution in [0.1, 0.15) is 10.6 Å². The standard InChI is InChI=1S/C26H17BrN4O4S/c27-19-10-6-18(7-11-19)25-28-29-26(30(25)20-4-2-1-3-5-20)36-16-22(32)24-15-14-23(35-24)17-8-12-21(13-9-17)31(33)34/h1-15H,16H2. The van der Waals surface area contributed by atoms with Gasteiger partial charge in [0.15, 0.2) is 16.7 Å². The Hall–Kier alpha value is -4.02. The number of carbonyl (C=O) groups excluding carboxylic acids is 1. The number of carbonyl (C=O) groups is 1. The predicted molar refractivity (Wildman–Crippen MR) is 140 cm³/mol. The number of ketones is 1. The molecule has 0 saturated heterocycles. The molecule has 0 N–H and O–H groups in total. The van der Waals surface area contributed by atoms with Crippen LogP contribution in [0.3, 0.4) is 0 Å². The van der Waals surface area contributed by atoms with Crippen LogP contribution in [-0.4, -0.2) is 31.2 Å². The predicted octanol–water partition coefficient (Wildman–Crippen LogP) is 6.84. The zero-order chi connectivity index (χ0) is 25.1. The third-order valence-electron chi connectivity index (χ3n) is 5.33. The molecule has 0 atom stereocenters. The van der Waals surface area contributed by atoms with E-state index in [1.165, 1.54) is 23.9 Å². The lowest BCUT2D eigenvalue weighted by Gasteiger charge is -2.10. The molecule has 0 unspecified atom stereocenters. The fourth-order valence-corrected chi connectivity index (χ4v) is 4.64. The topological polar surface area (TPSA) is 104 Å². The van der Waals surface area contributed by atoms with Crippen LogP contribution in [0.4, 0.5) is 5.69 Å². The second-order valence-electron chi connectivity index (χ2n) is 7.66. The molecule has 0 aliphatic carbocycles. The smallest absolute Gasteiger partial charge is 0.269 e. The minimum absolute atomic E-state index is 0.0111. The number of furan rings is 1. The highest BCUT2D eigenvalue weighted by molar-refractivity contribution is 9.10. The zero-order valence-corrected chi connectivity index (χ0v) is 21.0. The van der Waals surface area contributed by atoms with E-state index < -0.39 is 4.92 Å². The van der Waals surface area contributed by atoms with Gasteiger partial charge in [0.25, 0.3) is 5.69 Å². The number of non-ortho nitro benzene ring substituents is 1. The highest BCUT2D eigenvalue weighted by Gasteiger charge is 2.19. The van der Waals surface area contributed by atoms with Crippen LogP contribution in [0.25, 0.3) is 28.4 Å². The first-order valence-electron chi connectivity index (χ1n) is 10.8. The SMILES string of the molecule is O=C(CSc1nnc(-c2ccc(Br)cc2)n1-c1ccccc1)c1ccc(-c2ccc([N+](=O)[O-])cc2)o1. The summed E-state index contributed by atoms with van der Waals surface area (Å²) in [4.78, 5) is 23.3. The number of rotatable bonds is 8. The number of thioether (sulfide) groups is 1. The van der Waals surface area contributed by atoms with Crippen molar-refractivity contribution in [2.24, 2.45) is 0 Å². The summed E-state index contributed by atoms with van der Waals surface area (Å²) in [6.45, 7) is 0. The lowest BCUT2D eigenvalue weighted by molar-refractivity contribution is -0.384. The van der Waals surface area contributed by atoms with Crippen molar-refractivity contribution in [1.29, 1.82) is 0 Å². The summed E-state index contributed by atoms with van der Waals surface area (Å²) in [7, 11) is 0. The average molecular weight is 561 g/mol. The summed E-state index contributed by atoms with van der Waals surface area (Å²) in [5.41, 5.74) is 2.42. The van der Waals surface area contributed by atoms with Crippen LogP contribution in [0.15, 0.2) is 105 Å². The third-order valence-corrected chi connectivity index (χ3v) is 6.78. The largest absolute Gasteiger partial charge is 0.453 e. The first kappa shape index (κ1) is 23.7. The molecule has 0 spiro atoms. The summed E-state index contributed by atoms with van der Waals surface area (Å²) >= 11 is 4.72. The summed E-state index contributed by atoms with van der Waals surface area (Å²) in [5, 5.41) is 20.2. The number of aromatic nitrogens is 3. The maximum Gasteiger partial charge on any atom is 0.269 e. The van der Waals surface area contributed by atoms with Crippen LogP contribution in [0.5, 0.6) is 0 Å². The number of hydrogen-bond acceptors (Lipinski definition) is 7. The molecular weight excluding hydrogens is 544 g/mol. The molecule has 2 aromatic heterocycles. The van der Waals surface area contributed by atoms with Gasteiger partial charge < -0.3 is 4.42 Å². The van der Waals surface area contributed by atoms with E-state index in [1.807, 2.05) is 59.2 Å². The van der Waals surface area contributed by atoms with Crippen LogP contribution in [-0.2, 0) is 0 Å². The molecule has 178 valence electrons. The van der Waals surface area contributed by atoms with Gasteiger partial charge in [-0.2, -0.15) is 0 Å². The molecule has 5 rings (SSSR count). The Morgan fingerprint density at radius 3 is 2.31 bits per heavy atom. The molecular formula is C26H17BrN4O4S. The molecule has 10 heteroatoms. The van der Waals surface area contributed by atoms with Gasteiger partial charge in [0.2, 0.25) is 5.78 Å². The molecule has 3 aromatic carbocycles. The van der Waals surface area contributed by atoms with Crippen molar-refractivity contribution in [3.8, 4) is 28.4 Å². The molecule has 0 amide bonds. The number of Topliss-reactive ketones (excluding diaryl/α,β-unsaturated/α-hetero) is 1. The van der Waals surface area contributed by atoms with Gasteiger partial charge in [-0.05, 0) is 48.5 Å². The molecule has 5 aromatic rings. The molecule has 0 saturated carbocycles. The maximum absolute atomic E-state index is 12.9. The molecule has 36 heavy (non-hydrogen) atoms. The van der Waals surface area contributed by atoms with Crippen molar-refractivity contribution in [3.63, 3.8) is 0 Å². The maximum atomic E-state index is 12.9. The number of benzene rings is 3. The Morgan fingerprint density at radius 1 is 0.917 bits per heavy atom. The first-order chi connectivity index (χ1) is 17.5. The Bertz CT molecular complexity index is 1530. The van der Waals surface area contributed by atoms with Gasteiger partial charge in [-0.1, -0.05) is 58.0 Å². The fraction of sp³-hybridized carbons (Fsp3) is 0.0385. The van der Waals surface area contributed by atoms with Gasteiger partial charge >= 0.3 is 0 Å². The summed E-state index contributed by atoms with van der Waals surface area (Å²) in [6.07, 6.45) is 0. The number of nitro groups is 1. The van der Waals surface area contributed by atoms with Gasteiger partial charge in [-0.25, -0.2) is 0 Å². The van der Waals surface area contributed by atoms with Crippen molar-refractivity contribution in [2.45, 2.75) is 5.16 Å². The van der Waals surface area contributed by atoms with Crippen molar-refractivity contribution in [1.82, 2.24) is 14.8 Å². The van der Waals surface area contributed by atoms with Gasteiger partial charge in [-0.3, -0.25) is 19.5 Å². The summed E-state index contributed by atoms with van der Waals surface area (Å²) in [5.74, 6) is 1.22. The Kier molecular flexibility index (Phi) is 6.79. The minimum Gasteiger partial charge on any atom is -0.453 e. The lowest BCUT2D eigenvalue weighted by Crippen LogP contribution is -2.04. The number of nitrogens with zero attached hydrogens (tertiary/aromatic N) is 4. The molecule has 0 fully saturated rings. The van der Waals surface area contributed by atoms with Crippen LogP contribution >= 0.6 is 27.7 Å². The third kappa shape index (κ3) is 5.00. The molecule has 2 heterocycles. The van der Waals surface area contributed by atoms with E-state index in [2.05, 4.69) is 26.1 Å². The van der Waals surface area contributed by atoms with Crippen LogP contribution in [0.2, 0.25) is 0 Å². The quantitative estimate of drug-likeness (QED) is 0.0884. The van der Waals surface area contributed by atoms with E-state index in [0.717, 1.165) is 15.7 Å². The number of nitro benzene ring substituents is 1. The van der Waals surface area contributed by atoms with Gasteiger partial charge in [-0.15, -0.1) is 10.2 Å². The van der Waals surface area contributed by atoms with E-state index in [4.69, 9.17) is 4.42 Å². The fourth-order valence-electron chi connectivity index (χ4n) is 3.55. The Morgan fingerprint density at radius 2 is 1.61 bits per heavy atom. The number of para-hydroxylation sites is 1. The van der Waals surface area contributed by atoms with E-state index in [9.17, 15) is 14.9 Å². The zero-order valence-electron chi connectivity index (χ0n) is 18.6. The number of hydrogen-bond donors (Lipinski definition) is 0. The van der Waals surface area contributed by atoms with Crippen LogP contribution < -0.4 is 0 Å². The van der Waals surface area contributed by atoms with Crippen LogP contribution in [0, 0.1) is 10.1 Å². The molecule has 0 radical (unpaired) electrons. The van der Waals surface area contributed by atoms with Crippen molar-refractivity contribution < 1.29 is 14.1 Å². The summed E-state index contributed by atoms with van der Waals surface area (Å²) in [6, 6.07) is 26.8. The van der Waals surface area contributed by atoms with Gasteiger partial charge in [0.1, 0.15) is 5.76 Å². The highest BCUT2D eigenvalue weighted by atomic mass is 79.9. The second-order valence-corrected chi connectivity index (χ2v) is 9.52. The summed E-state index contributed by atoms with van der Waals surface area (Å²) < 4.78 is 8.62. The molecule has 0 aliphatic heterocycles. The molecule has 0 bridgehead atoms. The van der Waals surface area contributed by atoms with Crippen molar-refractivity contribution in [3.05, 3.63) is 111 Å². The lowest BCUT2D eigenvalue weighted by atomic mass is 10.1. The molecule has 0 aliphatic rings. The van der Waals surface area contributed by atoms with E-state index in [1.54, 1.807) is 24.3 Å². The van der Waals surface area contributed by atoms with Crippen molar-refractivity contribution in [2.75, 3.05) is 5.75 Å². The number of halogens is 1. The van der Waals surface area contributed by atoms with Crippen molar-refractivity contribution >= 4 is 39.2 Å². The van der Waals surface area contributed by atoms with E-state index >= 15 is 0 Å². The second kappa shape index (κ2) is 10.3. The monoisotopic (exact) mass is 560 g/mol. The Balaban J connectivity index is 1.37. The van der Waals surface area contributed by atoms with Gasteiger partial charge in [0.05, 0.1) is 10.7 Å². The average Bonchev–Trinajstić information content (AvgIpc) is 3.56. The van der Waals surface area contributed by atoms with E-state index in [-0.39, 0.29) is 23.0 Å². The highest BCUT2D eigenvalue weighted by Crippen LogP contribution is 2.30. The Labute approximate surface area is 218 Å². The normalized spacial score (nSPS) is 10.9. The van der Waals surface area contributed by atoms with E-state index in [0.29, 0.717) is 22.3 Å². The minimum atomic E-state index is -0.464. The van der Waals surface area contributed by atoms with Gasteiger partial charge in [0, 0.05) is 33.4 Å².